The van der Waals surface area contributed by atoms with Gasteiger partial charge >= 0.3 is 0 Å². The first kappa shape index (κ1) is 34.7. The molecule has 0 saturated carbocycles. The van der Waals surface area contributed by atoms with Crippen LogP contribution in [0.2, 0.25) is 5.82 Å². The molecule has 0 radical (unpaired) electrons. The first-order chi connectivity index (χ1) is 26.0. The van der Waals surface area contributed by atoms with Crippen molar-refractivity contribution < 1.29 is 0 Å². The summed E-state index contributed by atoms with van der Waals surface area (Å²) in [5, 5.41) is 0. The molecule has 2 unspecified atom stereocenters. The molecule has 0 N–H and O–H groups in total. The maximum atomic E-state index is 2.72. The highest BCUT2D eigenvalue weighted by molar-refractivity contribution is 6.85. The van der Waals surface area contributed by atoms with Gasteiger partial charge in [-0.2, -0.15) is 0 Å². The Kier molecular flexibility index (Phi) is 8.41. The van der Waals surface area contributed by atoms with E-state index >= 15 is 0 Å². The molecular formula is C51H53BN2. The van der Waals surface area contributed by atoms with E-state index in [9.17, 15) is 0 Å². The topological polar surface area (TPSA) is 6.48 Å². The van der Waals surface area contributed by atoms with Crippen molar-refractivity contribution in [1.29, 1.82) is 0 Å². The smallest absolute Gasteiger partial charge is 0.226 e. The van der Waals surface area contributed by atoms with Gasteiger partial charge in [0.2, 0.25) is 6.71 Å². The quantitative estimate of drug-likeness (QED) is 0.195. The molecule has 0 bridgehead atoms. The van der Waals surface area contributed by atoms with Gasteiger partial charge in [0.05, 0.1) is 5.69 Å². The Hall–Kier alpha value is -5.02. The van der Waals surface area contributed by atoms with Gasteiger partial charge in [0, 0.05) is 39.6 Å². The van der Waals surface area contributed by atoms with Gasteiger partial charge in [0.15, 0.2) is 0 Å². The lowest BCUT2D eigenvalue weighted by Crippen LogP contribution is -2.57. The summed E-state index contributed by atoms with van der Waals surface area (Å²) in [7, 11) is 0. The molecule has 0 amide bonds. The molecule has 0 saturated heterocycles. The summed E-state index contributed by atoms with van der Waals surface area (Å²) < 4.78 is 0. The fraction of sp³-hybridized carbons (Fsp3) is 0.294. The maximum absolute atomic E-state index is 2.72. The van der Waals surface area contributed by atoms with E-state index in [-0.39, 0.29) is 23.4 Å². The first-order valence-corrected chi connectivity index (χ1v) is 20.2. The third-order valence-corrected chi connectivity index (χ3v) is 12.6. The summed E-state index contributed by atoms with van der Waals surface area (Å²) in [4.78, 5) is 5.40. The molecule has 2 aliphatic heterocycles. The van der Waals surface area contributed by atoms with Gasteiger partial charge < -0.3 is 9.80 Å². The summed E-state index contributed by atoms with van der Waals surface area (Å²) in [5.74, 6) is 0.624. The minimum absolute atomic E-state index is 0.0294. The second kappa shape index (κ2) is 13.1. The van der Waals surface area contributed by atoms with Crippen molar-refractivity contribution >= 4 is 29.1 Å². The van der Waals surface area contributed by atoms with Crippen LogP contribution in [-0.4, -0.2) is 6.71 Å². The van der Waals surface area contributed by atoms with Crippen LogP contribution in [0.5, 0.6) is 0 Å². The number of allylic oxidation sites excluding steroid dienone is 10. The fourth-order valence-electron chi connectivity index (χ4n) is 10.1. The molecule has 54 heavy (non-hydrogen) atoms. The number of anilines is 2. The molecule has 0 aromatic heterocycles. The molecule has 0 spiro atoms. The van der Waals surface area contributed by atoms with Crippen molar-refractivity contribution in [2.45, 2.75) is 85.4 Å². The molecule has 3 heteroatoms. The average molecular weight is 705 g/mol. The summed E-state index contributed by atoms with van der Waals surface area (Å²) in [6.45, 7) is 17.1. The Morgan fingerprint density at radius 1 is 0.611 bits per heavy atom. The Balaban J connectivity index is 1.35. The van der Waals surface area contributed by atoms with Gasteiger partial charge in [0.1, 0.15) is 0 Å². The molecule has 270 valence electrons. The Morgan fingerprint density at radius 2 is 1.28 bits per heavy atom. The van der Waals surface area contributed by atoms with E-state index in [4.69, 9.17) is 0 Å². The third kappa shape index (κ3) is 5.62. The normalized spacial score (nSPS) is 20.9. The van der Waals surface area contributed by atoms with Crippen molar-refractivity contribution in [3.05, 3.63) is 178 Å². The van der Waals surface area contributed by atoms with Gasteiger partial charge in [-0.05, 0) is 94.1 Å². The second-order valence-corrected chi connectivity index (χ2v) is 18.0. The summed E-state index contributed by atoms with van der Waals surface area (Å²) >= 11 is 0. The van der Waals surface area contributed by atoms with Crippen LogP contribution in [-0.2, 0) is 5.41 Å². The predicted molar refractivity (Wildman–Crippen MR) is 232 cm³/mol. The number of para-hydroxylation sites is 1. The molecule has 2 nitrogen and oxygen atoms in total. The molecule has 2 heterocycles. The zero-order chi connectivity index (χ0) is 37.4. The van der Waals surface area contributed by atoms with Crippen LogP contribution in [0.25, 0.3) is 16.7 Å². The van der Waals surface area contributed by atoms with Crippen LogP contribution in [0.15, 0.2) is 167 Å². The Labute approximate surface area is 324 Å². The molecule has 4 aromatic carbocycles. The number of hydrogen-bond acceptors (Lipinski definition) is 2. The van der Waals surface area contributed by atoms with Gasteiger partial charge in [-0.25, -0.2) is 0 Å². The van der Waals surface area contributed by atoms with Crippen LogP contribution in [0.3, 0.4) is 0 Å². The lowest BCUT2D eigenvalue weighted by Gasteiger charge is -2.54. The average Bonchev–Trinajstić information content (AvgIpc) is 3.17. The molecule has 3 aliphatic carbocycles. The van der Waals surface area contributed by atoms with E-state index in [2.05, 4.69) is 192 Å². The van der Waals surface area contributed by atoms with Crippen LogP contribution in [0, 0.1) is 11.3 Å². The third-order valence-electron chi connectivity index (χ3n) is 12.6. The highest BCUT2D eigenvalue weighted by atomic mass is 15.2. The van der Waals surface area contributed by atoms with Crippen LogP contribution in [0.4, 0.5) is 11.4 Å². The lowest BCUT2D eigenvalue weighted by molar-refractivity contribution is 0.425. The van der Waals surface area contributed by atoms with E-state index in [0.717, 1.165) is 25.7 Å². The molecule has 4 aromatic rings. The first-order valence-electron chi connectivity index (χ1n) is 20.2. The number of hydrogen-bond donors (Lipinski definition) is 0. The monoisotopic (exact) mass is 704 g/mol. The van der Waals surface area contributed by atoms with Gasteiger partial charge in [-0.1, -0.05) is 169 Å². The maximum Gasteiger partial charge on any atom is 0.226 e. The largest absolute Gasteiger partial charge is 0.318 e. The number of nitrogens with zero attached hydrogens (tertiary/aromatic N) is 2. The van der Waals surface area contributed by atoms with Crippen molar-refractivity contribution in [1.82, 2.24) is 0 Å². The summed E-state index contributed by atoms with van der Waals surface area (Å²) in [6, 6.07) is 38.7. The molecule has 0 fully saturated rings. The SMILES string of the molecule is CC1C(C(C)(C)C)=CC=C2C1B1C3=C(CCC=C3N(C3=CCCC=C3c3ccccc3)c3ccc(C(C)(C)C)cc31)N2c1ccccc1-c1ccccc1. The van der Waals surface area contributed by atoms with Crippen LogP contribution >= 0.6 is 0 Å². The second-order valence-electron chi connectivity index (χ2n) is 18.0. The standard InChI is InChI=1S/C51H53BN2/c1-34-40(51(5,6)7)30-32-47-48(34)52-41-33-37(50(2,3)4)29-31-44(41)53(42-25-16-14-23-38(42)35-19-10-8-11-20-35)45-27-18-28-46(49(45)52)54(47)43-26-17-15-24-39(43)36-21-12-9-13-22-36/h8-13,15,17,19-27,29-34,48H,14,16,18,28H2,1-7H3. The van der Waals surface area contributed by atoms with Gasteiger partial charge in [-0.3, -0.25) is 0 Å². The Bertz CT molecular complexity index is 2320. The predicted octanol–water partition coefficient (Wildman–Crippen LogP) is 12.8. The van der Waals surface area contributed by atoms with Crippen molar-refractivity contribution in [3.8, 4) is 11.1 Å². The van der Waals surface area contributed by atoms with Crippen molar-refractivity contribution in [2.24, 2.45) is 11.3 Å². The highest BCUT2D eigenvalue weighted by Crippen LogP contribution is 2.58. The number of benzene rings is 4. The van der Waals surface area contributed by atoms with Crippen molar-refractivity contribution in [2.75, 3.05) is 9.80 Å². The van der Waals surface area contributed by atoms with E-state index in [1.165, 1.54) is 78.5 Å². The molecule has 5 aliphatic rings. The summed E-state index contributed by atoms with van der Waals surface area (Å²) in [6.07, 6.45) is 16.7. The van der Waals surface area contributed by atoms with Gasteiger partial charge in [0.25, 0.3) is 0 Å². The van der Waals surface area contributed by atoms with Crippen LogP contribution < -0.4 is 15.3 Å². The van der Waals surface area contributed by atoms with E-state index < -0.39 is 0 Å². The van der Waals surface area contributed by atoms with Gasteiger partial charge in [-0.15, -0.1) is 0 Å². The molecule has 9 rings (SSSR count). The van der Waals surface area contributed by atoms with Crippen LogP contribution in [0.1, 0.15) is 85.3 Å². The fourth-order valence-corrected chi connectivity index (χ4v) is 10.1. The zero-order valence-electron chi connectivity index (χ0n) is 33.2. The zero-order valence-corrected chi connectivity index (χ0v) is 33.2. The van der Waals surface area contributed by atoms with Crippen molar-refractivity contribution in [3.63, 3.8) is 0 Å². The minimum atomic E-state index is 0.0294. The Morgan fingerprint density at radius 3 is 2.00 bits per heavy atom. The summed E-state index contributed by atoms with van der Waals surface area (Å²) in [5.41, 5.74) is 19.4. The van der Waals surface area contributed by atoms with E-state index in [1.807, 2.05) is 0 Å². The minimum Gasteiger partial charge on any atom is -0.318 e. The lowest BCUT2D eigenvalue weighted by atomic mass is 9.26. The molecular weight excluding hydrogens is 651 g/mol. The number of fused-ring (bicyclic) bond motifs is 4. The molecule has 2 atom stereocenters. The van der Waals surface area contributed by atoms with E-state index in [0.29, 0.717) is 5.92 Å². The number of rotatable bonds is 4. The highest BCUT2D eigenvalue weighted by Gasteiger charge is 2.53. The van der Waals surface area contributed by atoms with E-state index in [1.54, 1.807) is 0 Å².